The number of amides is 1. The lowest BCUT2D eigenvalue weighted by molar-refractivity contribution is -0.125. The lowest BCUT2D eigenvalue weighted by atomic mass is 10.0. The van der Waals surface area contributed by atoms with Gasteiger partial charge in [0, 0.05) is 48.7 Å². The summed E-state index contributed by atoms with van der Waals surface area (Å²) in [6, 6.07) is 11.1. The molecule has 27 heavy (non-hydrogen) atoms. The molecule has 146 valence electrons. The molecule has 2 aromatic rings. The van der Waals surface area contributed by atoms with Crippen LogP contribution < -0.4 is 10.2 Å². The number of benzene rings is 1. The lowest BCUT2D eigenvalue weighted by Gasteiger charge is -2.42. The van der Waals surface area contributed by atoms with Gasteiger partial charge in [-0.25, -0.2) is 4.39 Å². The highest BCUT2D eigenvalue weighted by atomic mass is 32.1. The van der Waals surface area contributed by atoms with Crippen molar-refractivity contribution in [3.63, 3.8) is 0 Å². The fraction of sp³-hybridized carbons (Fsp3) is 0.476. The van der Waals surface area contributed by atoms with Crippen LogP contribution in [-0.4, -0.2) is 43.0 Å². The van der Waals surface area contributed by atoms with Gasteiger partial charge in [-0.3, -0.25) is 9.69 Å². The predicted octanol–water partition coefficient (Wildman–Crippen LogP) is 3.91. The largest absolute Gasteiger partial charge is 0.369 e. The molecule has 0 bridgehead atoms. The first kappa shape index (κ1) is 19.8. The molecule has 1 aromatic carbocycles. The monoisotopic (exact) mass is 389 g/mol. The van der Waals surface area contributed by atoms with E-state index in [-0.39, 0.29) is 29.7 Å². The molecule has 0 saturated carbocycles. The van der Waals surface area contributed by atoms with E-state index in [1.54, 1.807) is 11.3 Å². The highest BCUT2D eigenvalue weighted by Gasteiger charge is 2.31. The Morgan fingerprint density at radius 2 is 1.74 bits per heavy atom. The molecule has 0 aliphatic carbocycles. The Balaban J connectivity index is 1.69. The average Bonchev–Trinajstić information content (AvgIpc) is 3.17. The number of hydrogen-bond donors (Lipinski definition) is 1. The third-order valence-electron chi connectivity index (χ3n) is 5.10. The Labute approximate surface area is 165 Å². The lowest BCUT2D eigenvalue weighted by Crippen LogP contribution is -2.52. The summed E-state index contributed by atoms with van der Waals surface area (Å²) < 4.78 is 13.2. The van der Waals surface area contributed by atoms with Crippen molar-refractivity contribution in [3.8, 4) is 0 Å². The first-order chi connectivity index (χ1) is 13.0. The second-order valence-corrected chi connectivity index (χ2v) is 8.39. The van der Waals surface area contributed by atoms with Crippen molar-refractivity contribution in [2.24, 2.45) is 5.92 Å². The van der Waals surface area contributed by atoms with Crippen molar-refractivity contribution >= 4 is 22.9 Å². The van der Waals surface area contributed by atoms with Crippen LogP contribution in [0, 0.1) is 11.7 Å². The van der Waals surface area contributed by atoms with Crippen LogP contribution in [0.5, 0.6) is 0 Å². The summed E-state index contributed by atoms with van der Waals surface area (Å²) in [5.74, 6) is -0.134. The van der Waals surface area contributed by atoms with E-state index in [2.05, 4.69) is 39.6 Å². The summed E-state index contributed by atoms with van der Waals surface area (Å²) in [5.41, 5.74) is 1.06. The number of nitrogens with zero attached hydrogens (tertiary/aromatic N) is 2. The van der Waals surface area contributed by atoms with E-state index in [4.69, 9.17) is 0 Å². The minimum absolute atomic E-state index is 0.0215. The highest BCUT2D eigenvalue weighted by Crippen LogP contribution is 2.30. The van der Waals surface area contributed by atoms with Crippen LogP contribution >= 0.6 is 11.3 Å². The Kier molecular flexibility index (Phi) is 6.50. The molecule has 3 rings (SSSR count). The molecule has 1 amide bonds. The van der Waals surface area contributed by atoms with E-state index in [0.717, 1.165) is 31.9 Å². The van der Waals surface area contributed by atoms with Gasteiger partial charge in [-0.15, -0.1) is 11.3 Å². The molecule has 1 aromatic heterocycles. The molecule has 0 unspecified atom stereocenters. The number of hydrogen-bond acceptors (Lipinski definition) is 4. The summed E-state index contributed by atoms with van der Waals surface area (Å²) in [6.07, 6.45) is 0. The van der Waals surface area contributed by atoms with Crippen LogP contribution in [0.25, 0.3) is 0 Å². The van der Waals surface area contributed by atoms with E-state index >= 15 is 0 Å². The predicted molar refractivity (Wildman–Crippen MR) is 110 cm³/mol. The minimum atomic E-state index is -0.204. The summed E-state index contributed by atoms with van der Waals surface area (Å²) in [6.45, 7) is 9.52. The summed E-state index contributed by atoms with van der Waals surface area (Å²) in [4.78, 5) is 18.2. The Hall–Kier alpha value is -1.92. The van der Waals surface area contributed by atoms with Crippen LogP contribution in [0.2, 0.25) is 0 Å². The third kappa shape index (κ3) is 4.87. The summed E-state index contributed by atoms with van der Waals surface area (Å²) >= 11 is 1.74. The van der Waals surface area contributed by atoms with Gasteiger partial charge in [0.05, 0.1) is 6.04 Å². The smallest absolute Gasteiger partial charge is 0.222 e. The van der Waals surface area contributed by atoms with Crippen molar-refractivity contribution in [1.82, 2.24) is 10.2 Å². The van der Waals surface area contributed by atoms with Crippen LogP contribution in [0.15, 0.2) is 41.8 Å². The van der Waals surface area contributed by atoms with Gasteiger partial charge in [-0.05, 0) is 42.6 Å². The van der Waals surface area contributed by atoms with Gasteiger partial charge in [0.2, 0.25) is 5.91 Å². The van der Waals surface area contributed by atoms with Crippen LogP contribution in [0.1, 0.15) is 31.7 Å². The van der Waals surface area contributed by atoms with Gasteiger partial charge in [0.1, 0.15) is 5.82 Å². The number of thiophene rings is 1. The van der Waals surface area contributed by atoms with E-state index in [1.807, 2.05) is 26.0 Å². The van der Waals surface area contributed by atoms with Gasteiger partial charge >= 0.3 is 0 Å². The molecule has 2 heterocycles. The van der Waals surface area contributed by atoms with E-state index in [1.165, 1.54) is 17.0 Å². The van der Waals surface area contributed by atoms with Gasteiger partial charge in [-0.2, -0.15) is 0 Å². The Morgan fingerprint density at radius 1 is 1.07 bits per heavy atom. The van der Waals surface area contributed by atoms with Crippen molar-refractivity contribution in [2.75, 3.05) is 31.1 Å². The Morgan fingerprint density at radius 3 is 2.30 bits per heavy atom. The first-order valence-corrected chi connectivity index (χ1v) is 10.4. The SMILES string of the molecule is CC(C)C(=O)N[C@@H](C)[C@H](c1cccs1)N1CCN(c2ccc(F)cc2)CC1. The molecule has 0 radical (unpaired) electrons. The van der Waals surface area contributed by atoms with Gasteiger partial charge in [0.15, 0.2) is 0 Å². The quantitative estimate of drug-likeness (QED) is 0.814. The number of carbonyl (C=O) groups is 1. The van der Waals surface area contributed by atoms with Crippen LogP contribution in [0.3, 0.4) is 0 Å². The minimum Gasteiger partial charge on any atom is -0.369 e. The maximum atomic E-state index is 13.2. The maximum Gasteiger partial charge on any atom is 0.222 e. The van der Waals surface area contributed by atoms with Gasteiger partial charge < -0.3 is 10.2 Å². The van der Waals surface area contributed by atoms with Crippen LogP contribution in [0.4, 0.5) is 10.1 Å². The molecule has 1 saturated heterocycles. The topological polar surface area (TPSA) is 35.6 Å². The first-order valence-electron chi connectivity index (χ1n) is 9.54. The molecule has 1 N–H and O–H groups in total. The maximum absolute atomic E-state index is 13.2. The third-order valence-corrected chi connectivity index (χ3v) is 6.04. The van der Waals surface area contributed by atoms with E-state index in [9.17, 15) is 9.18 Å². The molecule has 0 spiro atoms. The van der Waals surface area contributed by atoms with Crippen molar-refractivity contribution in [2.45, 2.75) is 32.9 Å². The normalized spacial score (nSPS) is 17.7. The van der Waals surface area contributed by atoms with E-state index < -0.39 is 0 Å². The molecule has 2 atom stereocenters. The zero-order valence-corrected chi connectivity index (χ0v) is 17.0. The summed E-state index contributed by atoms with van der Waals surface area (Å²) in [5, 5.41) is 5.28. The van der Waals surface area contributed by atoms with Crippen molar-refractivity contribution in [3.05, 3.63) is 52.5 Å². The average molecular weight is 390 g/mol. The molecule has 4 nitrogen and oxygen atoms in total. The molecule has 6 heteroatoms. The zero-order chi connectivity index (χ0) is 19.4. The molecular formula is C21H28FN3OS. The van der Waals surface area contributed by atoms with Gasteiger partial charge in [-0.1, -0.05) is 19.9 Å². The fourth-order valence-electron chi connectivity index (χ4n) is 3.58. The van der Waals surface area contributed by atoms with Crippen molar-refractivity contribution in [1.29, 1.82) is 0 Å². The number of carbonyl (C=O) groups excluding carboxylic acids is 1. The van der Waals surface area contributed by atoms with E-state index in [0.29, 0.717) is 0 Å². The molecule has 1 aliphatic heterocycles. The molecule has 1 fully saturated rings. The fourth-order valence-corrected chi connectivity index (χ4v) is 4.55. The standard InChI is InChI=1S/C21H28FN3OS/c1-15(2)21(26)23-16(3)20(19-5-4-14-27-19)25-12-10-24(11-13-25)18-8-6-17(22)7-9-18/h4-9,14-16,20H,10-13H2,1-3H3,(H,23,26)/t16-,20+/m0/s1. The second-order valence-electron chi connectivity index (χ2n) is 7.41. The van der Waals surface area contributed by atoms with Gasteiger partial charge in [0.25, 0.3) is 0 Å². The Bertz CT molecular complexity index is 724. The number of piperazine rings is 1. The number of rotatable bonds is 6. The molecule has 1 aliphatic rings. The number of nitrogens with one attached hydrogen (secondary N) is 1. The number of halogens is 1. The zero-order valence-electron chi connectivity index (χ0n) is 16.2. The molecular weight excluding hydrogens is 361 g/mol. The summed E-state index contributed by atoms with van der Waals surface area (Å²) in [7, 11) is 0. The highest BCUT2D eigenvalue weighted by molar-refractivity contribution is 7.10. The van der Waals surface area contributed by atoms with Crippen molar-refractivity contribution < 1.29 is 9.18 Å². The number of anilines is 1. The second kappa shape index (κ2) is 8.85. The van der Waals surface area contributed by atoms with Crippen LogP contribution in [-0.2, 0) is 4.79 Å².